The molecule has 0 amide bonds. The van der Waals surface area contributed by atoms with Crippen molar-refractivity contribution in [1.29, 1.82) is 0 Å². The van der Waals surface area contributed by atoms with Gasteiger partial charge in [0.05, 0.1) is 5.69 Å². The number of hydrogen-bond acceptors (Lipinski definition) is 5. The van der Waals surface area contributed by atoms with Crippen LogP contribution in [0.25, 0.3) is 10.6 Å². The van der Waals surface area contributed by atoms with Crippen molar-refractivity contribution in [2.24, 2.45) is 0 Å². The molecule has 0 saturated carbocycles. The molecule has 1 N–H and O–H groups in total. The van der Waals surface area contributed by atoms with Crippen molar-refractivity contribution < 1.29 is 9.47 Å². The fourth-order valence-corrected chi connectivity index (χ4v) is 3.47. The second kappa shape index (κ2) is 4.42. The first-order valence-corrected chi connectivity index (χ1v) is 7.35. The van der Waals surface area contributed by atoms with Gasteiger partial charge in [0.15, 0.2) is 11.5 Å². The van der Waals surface area contributed by atoms with E-state index < -0.39 is 0 Å². The number of anilines is 1. The zero-order valence-electron chi connectivity index (χ0n) is 10.4. The summed E-state index contributed by atoms with van der Waals surface area (Å²) in [6, 6.07) is 6.02. The number of aromatic nitrogens is 1. The van der Waals surface area contributed by atoms with Gasteiger partial charge in [-0.2, -0.15) is 0 Å². The van der Waals surface area contributed by atoms with Crippen LogP contribution in [0.5, 0.6) is 11.5 Å². The Hall–Kier alpha value is -1.75. The molecule has 0 saturated heterocycles. The summed E-state index contributed by atoms with van der Waals surface area (Å²) < 4.78 is 10.8. The molecule has 0 atom stereocenters. The van der Waals surface area contributed by atoms with E-state index in [0.29, 0.717) is 6.79 Å². The number of rotatable bonds is 1. The molecular formula is C14H14N2O2S. The van der Waals surface area contributed by atoms with Gasteiger partial charge < -0.3 is 14.8 Å². The highest BCUT2D eigenvalue weighted by Crippen LogP contribution is 2.39. The minimum absolute atomic E-state index is 0.314. The summed E-state index contributed by atoms with van der Waals surface area (Å²) in [5.41, 5.74) is 2.30. The van der Waals surface area contributed by atoms with Gasteiger partial charge in [-0.15, -0.1) is 0 Å². The van der Waals surface area contributed by atoms with Gasteiger partial charge in [0.1, 0.15) is 10.0 Å². The molecule has 0 radical (unpaired) electrons. The summed E-state index contributed by atoms with van der Waals surface area (Å²) in [6.07, 6.45) is 3.51. The molecule has 0 spiro atoms. The molecule has 98 valence electrons. The Bertz CT molecular complexity index is 600. The van der Waals surface area contributed by atoms with Gasteiger partial charge in [-0.05, 0) is 37.5 Å². The number of benzene rings is 1. The highest BCUT2D eigenvalue weighted by atomic mass is 32.1. The Morgan fingerprint density at radius 1 is 1.16 bits per heavy atom. The third kappa shape index (κ3) is 1.94. The molecule has 1 aromatic heterocycles. The Balaban J connectivity index is 1.72. The second-order valence-corrected chi connectivity index (χ2v) is 5.75. The highest BCUT2D eigenvalue weighted by molar-refractivity contribution is 7.19. The molecule has 19 heavy (non-hydrogen) atoms. The topological polar surface area (TPSA) is 43.4 Å². The van der Waals surface area contributed by atoms with Crippen LogP contribution in [-0.2, 0) is 6.42 Å². The summed E-state index contributed by atoms with van der Waals surface area (Å²) in [5, 5.41) is 5.75. The van der Waals surface area contributed by atoms with Gasteiger partial charge >= 0.3 is 0 Å². The van der Waals surface area contributed by atoms with Crippen LogP contribution in [0.4, 0.5) is 5.00 Å². The van der Waals surface area contributed by atoms with Crippen molar-refractivity contribution in [3.05, 3.63) is 23.9 Å². The quantitative estimate of drug-likeness (QED) is 0.866. The van der Waals surface area contributed by atoms with Crippen LogP contribution < -0.4 is 14.8 Å². The Labute approximate surface area is 115 Å². The molecule has 3 heterocycles. The standard InChI is InChI=1S/C14H14N2O2S/c1-2-6-15-14-10(3-1)16-13(19-14)9-4-5-11-12(7-9)18-8-17-11/h4-5,7,15H,1-3,6,8H2. The van der Waals surface area contributed by atoms with Gasteiger partial charge in [0.2, 0.25) is 6.79 Å². The smallest absolute Gasteiger partial charge is 0.231 e. The van der Waals surface area contributed by atoms with Crippen LogP contribution >= 0.6 is 11.3 Å². The number of nitrogens with one attached hydrogen (secondary N) is 1. The van der Waals surface area contributed by atoms with Crippen molar-refractivity contribution in [1.82, 2.24) is 4.98 Å². The summed E-state index contributed by atoms with van der Waals surface area (Å²) in [6.45, 7) is 1.37. The van der Waals surface area contributed by atoms with Crippen LogP contribution in [0.1, 0.15) is 18.5 Å². The third-order valence-electron chi connectivity index (χ3n) is 3.44. The van der Waals surface area contributed by atoms with E-state index in [1.165, 1.54) is 23.5 Å². The van der Waals surface area contributed by atoms with Crippen molar-refractivity contribution in [2.75, 3.05) is 18.7 Å². The lowest BCUT2D eigenvalue weighted by Gasteiger charge is -2.00. The number of aryl methyl sites for hydroxylation is 1. The average molecular weight is 274 g/mol. The molecule has 0 unspecified atom stereocenters. The van der Waals surface area contributed by atoms with Crippen molar-refractivity contribution in [3.8, 4) is 22.1 Å². The SMILES string of the molecule is c1cc2c(cc1-c1nc3c(s1)NCCCC3)OCO2. The molecule has 0 fully saturated rings. The van der Waals surface area contributed by atoms with Crippen LogP contribution in [0.3, 0.4) is 0 Å². The fourth-order valence-electron chi connectivity index (χ4n) is 2.43. The molecule has 5 heteroatoms. The maximum atomic E-state index is 5.42. The van der Waals surface area contributed by atoms with E-state index in [9.17, 15) is 0 Å². The third-order valence-corrected chi connectivity index (χ3v) is 4.55. The average Bonchev–Trinajstić information content (AvgIpc) is 3.00. The van der Waals surface area contributed by atoms with Gasteiger partial charge in [-0.25, -0.2) is 4.98 Å². The predicted molar refractivity (Wildman–Crippen MR) is 75.1 cm³/mol. The molecule has 2 aromatic rings. The fraction of sp³-hybridized carbons (Fsp3) is 0.357. The van der Waals surface area contributed by atoms with Gasteiger partial charge in [0.25, 0.3) is 0 Å². The lowest BCUT2D eigenvalue weighted by Crippen LogP contribution is -1.96. The normalized spacial score (nSPS) is 16.6. The number of ether oxygens (including phenoxy) is 2. The summed E-state index contributed by atoms with van der Waals surface area (Å²) in [7, 11) is 0. The van der Waals surface area contributed by atoms with E-state index >= 15 is 0 Å². The van der Waals surface area contributed by atoms with E-state index in [4.69, 9.17) is 14.5 Å². The maximum absolute atomic E-state index is 5.42. The maximum Gasteiger partial charge on any atom is 0.231 e. The minimum atomic E-state index is 0.314. The van der Waals surface area contributed by atoms with Gasteiger partial charge in [-0.1, -0.05) is 11.3 Å². The number of thiazole rings is 1. The van der Waals surface area contributed by atoms with Crippen molar-refractivity contribution in [2.45, 2.75) is 19.3 Å². The molecule has 2 aliphatic rings. The van der Waals surface area contributed by atoms with Crippen molar-refractivity contribution in [3.63, 3.8) is 0 Å². The Morgan fingerprint density at radius 2 is 2.11 bits per heavy atom. The minimum Gasteiger partial charge on any atom is -0.454 e. The van der Waals surface area contributed by atoms with Gasteiger partial charge in [0, 0.05) is 12.1 Å². The molecule has 2 aliphatic heterocycles. The van der Waals surface area contributed by atoms with Crippen LogP contribution in [-0.4, -0.2) is 18.3 Å². The summed E-state index contributed by atoms with van der Waals surface area (Å²) in [4.78, 5) is 4.77. The lowest BCUT2D eigenvalue weighted by molar-refractivity contribution is 0.174. The summed E-state index contributed by atoms with van der Waals surface area (Å²) in [5.74, 6) is 1.64. The van der Waals surface area contributed by atoms with Crippen molar-refractivity contribution >= 4 is 16.3 Å². The molecule has 0 aliphatic carbocycles. The first kappa shape index (κ1) is 11.1. The molecule has 1 aromatic carbocycles. The number of hydrogen-bond donors (Lipinski definition) is 1. The predicted octanol–water partition coefficient (Wildman–Crippen LogP) is 3.29. The molecule has 0 bridgehead atoms. The first-order chi connectivity index (χ1) is 9.40. The van der Waals surface area contributed by atoms with E-state index in [1.54, 1.807) is 11.3 Å². The van der Waals surface area contributed by atoms with E-state index in [-0.39, 0.29) is 0 Å². The monoisotopic (exact) mass is 274 g/mol. The van der Waals surface area contributed by atoms with E-state index in [1.807, 2.05) is 18.2 Å². The molecular weight excluding hydrogens is 260 g/mol. The summed E-state index contributed by atoms with van der Waals surface area (Å²) >= 11 is 1.73. The first-order valence-electron chi connectivity index (χ1n) is 6.54. The zero-order valence-corrected chi connectivity index (χ0v) is 11.3. The zero-order chi connectivity index (χ0) is 12.7. The van der Waals surface area contributed by atoms with Crippen LogP contribution in [0, 0.1) is 0 Å². The van der Waals surface area contributed by atoms with Crippen LogP contribution in [0.2, 0.25) is 0 Å². The largest absolute Gasteiger partial charge is 0.454 e. The second-order valence-electron chi connectivity index (χ2n) is 4.75. The number of fused-ring (bicyclic) bond motifs is 2. The van der Waals surface area contributed by atoms with Crippen LogP contribution in [0.15, 0.2) is 18.2 Å². The van der Waals surface area contributed by atoms with E-state index in [0.717, 1.165) is 35.0 Å². The highest BCUT2D eigenvalue weighted by Gasteiger charge is 2.18. The Morgan fingerprint density at radius 3 is 3.11 bits per heavy atom. The van der Waals surface area contributed by atoms with Gasteiger partial charge in [-0.3, -0.25) is 0 Å². The lowest BCUT2D eigenvalue weighted by atomic mass is 10.2. The Kier molecular flexibility index (Phi) is 2.58. The molecule has 4 rings (SSSR count). The molecule has 4 nitrogen and oxygen atoms in total. The number of nitrogens with zero attached hydrogens (tertiary/aromatic N) is 1. The van der Waals surface area contributed by atoms with E-state index in [2.05, 4.69) is 5.32 Å².